The van der Waals surface area contributed by atoms with Crippen molar-refractivity contribution >= 4 is 21.7 Å². The molecule has 0 saturated carbocycles. The molecule has 0 heterocycles. The van der Waals surface area contributed by atoms with E-state index < -0.39 is 0 Å². The van der Waals surface area contributed by atoms with Gasteiger partial charge in [0.2, 0.25) is 0 Å². The van der Waals surface area contributed by atoms with Gasteiger partial charge in [-0.25, -0.2) is 0 Å². The Kier molecular flexibility index (Phi) is 2.81. The van der Waals surface area contributed by atoms with Crippen LogP contribution in [0.2, 0.25) is 0 Å². The molecule has 0 aliphatic heterocycles. The fourth-order valence-electron chi connectivity index (χ4n) is 3.65. The highest BCUT2D eigenvalue weighted by atomic mass is 79.9. The van der Waals surface area contributed by atoms with Gasteiger partial charge in [-0.05, 0) is 59.6 Å². The maximum absolute atomic E-state index is 12.1. The number of rotatable bonds is 0. The molecule has 20 heavy (non-hydrogen) atoms. The van der Waals surface area contributed by atoms with Gasteiger partial charge in [0.15, 0.2) is 5.78 Å². The number of ketones is 1. The Morgan fingerprint density at radius 2 is 1.45 bits per heavy atom. The highest BCUT2D eigenvalue weighted by Gasteiger charge is 2.25. The minimum atomic E-state index is 0.328. The molecule has 0 aromatic heterocycles. The molecule has 2 heteroatoms. The first-order valence-corrected chi connectivity index (χ1v) is 8.01. The molecular weight excluding hydrogens is 312 g/mol. The predicted molar refractivity (Wildman–Crippen MR) is 84.3 cm³/mol. The summed E-state index contributed by atoms with van der Waals surface area (Å²) in [6.45, 7) is 0. The van der Waals surface area contributed by atoms with Crippen molar-refractivity contribution in [1.29, 1.82) is 0 Å². The van der Waals surface area contributed by atoms with E-state index in [1.807, 2.05) is 6.07 Å². The van der Waals surface area contributed by atoms with Crippen LogP contribution in [0.25, 0.3) is 11.1 Å². The molecule has 0 fully saturated rings. The zero-order chi connectivity index (χ0) is 13.7. The number of carbonyl (C=O) groups excluding carboxylic acids is 1. The summed E-state index contributed by atoms with van der Waals surface area (Å²) >= 11 is 3.66. The molecular formula is C18H15BrO. The predicted octanol–water partition coefficient (Wildman–Crippen LogP) is 4.73. The van der Waals surface area contributed by atoms with Crippen LogP contribution in [0, 0.1) is 0 Å². The summed E-state index contributed by atoms with van der Waals surface area (Å²) < 4.78 is 1.20. The fraction of sp³-hybridized carbons (Fsp3) is 0.278. The van der Waals surface area contributed by atoms with Crippen LogP contribution in [0.3, 0.4) is 0 Å². The first kappa shape index (κ1) is 12.3. The summed E-state index contributed by atoms with van der Waals surface area (Å²) in [5.74, 6) is 0.328. The quantitative estimate of drug-likeness (QED) is 0.683. The largest absolute Gasteiger partial charge is 0.294 e. The Morgan fingerprint density at radius 1 is 0.750 bits per heavy atom. The zero-order valence-electron chi connectivity index (χ0n) is 11.2. The number of Topliss-reactive ketones (excluding diaryl/α,β-unsaturated/α-hetero) is 1. The summed E-state index contributed by atoms with van der Waals surface area (Å²) in [5.41, 5.74) is 7.79. The Labute approximate surface area is 127 Å². The Bertz CT molecular complexity index is 730. The molecule has 2 aromatic carbocycles. The average molecular weight is 327 g/mol. The normalized spacial score (nSPS) is 16.4. The third-order valence-corrected chi connectivity index (χ3v) is 5.34. The third-order valence-electron chi connectivity index (χ3n) is 4.60. The van der Waals surface area contributed by atoms with Crippen molar-refractivity contribution in [2.24, 2.45) is 0 Å². The maximum atomic E-state index is 12.1. The Hall–Kier alpha value is -1.41. The number of fused-ring (bicyclic) bond motifs is 5. The van der Waals surface area contributed by atoms with Crippen molar-refractivity contribution in [3.8, 4) is 11.1 Å². The van der Waals surface area contributed by atoms with Crippen LogP contribution in [-0.4, -0.2) is 5.78 Å². The Morgan fingerprint density at radius 3 is 2.35 bits per heavy atom. The van der Waals surface area contributed by atoms with Crippen LogP contribution in [0.5, 0.6) is 0 Å². The van der Waals surface area contributed by atoms with Crippen molar-refractivity contribution in [1.82, 2.24) is 0 Å². The molecule has 0 saturated heterocycles. The summed E-state index contributed by atoms with van der Waals surface area (Å²) in [5, 5.41) is 0. The van der Waals surface area contributed by atoms with E-state index >= 15 is 0 Å². The Balaban J connectivity index is 1.98. The molecule has 0 radical (unpaired) electrons. The van der Waals surface area contributed by atoms with E-state index in [2.05, 4.69) is 40.2 Å². The van der Waals surface area contributed by atoms with E-state index in [1.54, 1.807) is 0 Å². The van der Waals surface area contributed by atoms with E-state index in [1.165, 1.54) is 32.3 Å². The smallest absolute Gasteiger partial charge is 0.163 e. The lowest BCUT2D eigenvalue weighted by Crippen LogP contribution is -2.16. The maximum Gasteiger partial charge on any atom is 0.163 e. The number of hydrogen-bond donors (Lipinski definition) is 0. The minimum Gasteiger partial charge on any atom is -0.294 e. The van der Waals surface area contributed by atoms with Gasteiger partial charge in [-0.2, -0.15) is 0 Å². The van der Waals surface area contributed by atoms with E-state index in [0.29, 0.717) is 12.2 Å². The first-order valence-electron chi connectivity index (χ1n) is 7.21. The van der Waals surface area contributed by atoms with Crippen LogP contribution in [0.4, 0.5) is 0 Å². The summed E-state index contributed by atoms with van der Waals surface area (Å²) in [4.78, 5) is 12.1. The highest BCUT2D eigenvalue weighted by molar-refractivity contribution is 9.10. The SMILES string of the molecule is O=C1CCCc2c1ccc1c2CCc2c(Br)cccc2-1. The standard InChI is InChI=1S/C18H15BrO/c19-17-5-1-3-11-13-8-10-16-12(4-2-6-18(16)20)14(13)7-9-15(11)17/h1,3,5,8,10H,2,4,6-7,9H2. The second-order valence-electron chi connectivity index (χ2n) is 5.66. The molecule has 2 aliphatic carbocycles. The minimum absolute atomic E-state index is 0.328. The van der Waals surface area contributed by atoms with Crippen LogP contribution in [0.1, 0.15) is 39.9 Å². The van der Waals surface area contributed by atoms with E-state index in [0.717, 1.165) is 31.2 Å². The third kappa shape index (κ3) is 1.71. The average Bonchev–Trinajstić information content (AvgIpc) is 2.47. The number of hydrogen-bond acceptors (Lipinski definition) is 1. The van der Waals surface area contributed by atoms with Gasteiger partial charge in [-0.1, -0.05) is 40.2 Å². The molecule has 4 rings (SSSR count). The fourth-order valence-corrected chi connectivity index (χ4v) is 4.22. The molecule has 100 valence electrons. The van der Waals surface area contributed by atoms with Crippen molar-refractivity contribution < 1.29 is 4.79 Å². The monoisotopic (exact) mass is 326 g/mol. The molecule has 0 spiro atoms. The van der Waals surface area contributed by atoms with Crippen molar-refractivity contribution in [3.05, 3.63) is 57.1 Å². The second-order valence-corrected chi connectivity index (χ2v) is 6.51. The van der Waals surface area contributed by atoms with Crippen molar-refractivity contribution in [2.75, 3.05) is 0 Å². The van der Waals surface area contributed by atoms with E-state index in [4.69, 9.17) is 0 Å². The summed E-state index contributed by atoms with van der Waals surface area (Å²) in [6.07, 6.45) is 4.91. The second kappa shape index (κ2) is 4.56. The van der Waals surface area contributed by atoms with Gasteiger partial charge in [0.05, 0.1) is 0 Å². The summed E-state index contributed by atoms with van der Waals surface area (Å²) in [6, 6.07) is 10.6. The molecule has 2 aliphatic rings. The highest BCUT2D eigenvalue weighted by Crippen LogP contribution is 2.40. The van der Waals surface area contributed by atoms with Crippen molar-refractivity contribution in [3.63, 3.8) is 0 Å². The lowest BCUT2D eigenvalue weighted by atomic mass is 9.78. The summed E-state index contributed by atoms with van der Waals surface area (Å²) in [7, 11) is 0. The molecule has 0 atom stereocenters. The van der Waals surface area contributed by atoms with Gasteiger partial charge in [0.1, 0.15) is 0 Å². The van der Waals surface area contributed by atoms with E-state index in [9.17, 15) is 4.79 Å². The van der Waals surface area contributed by atoms with Crippen LogP contribution < -0.4 is 0 Å². The molecule has 0 unspecified atom stereocenters. The molecule has 2 aromatic rings. The van der Waals surface area contributed by atoms with Crippen LogP contribution in [0.15, 0.2) is 34.8 Å². The zero-order valence-corrected chi connectivity index (χ0v) is 12.8. The van der Waals surface area contributed by atoms with Crippen LogP contribution >= 0.6 is 15.9 Å². The van der Waals surface area contributed by atoms with Gasteiger partial charge in [-0.3, -0.25) is 4.79 Å². The van der Waals surface area contributed by atoms with Crippen LogP contribution in [-0.2, 0) is 19.3 Å². The van der Waals surface area contributed by atoms with Gasteiger partial charge >= 0.3 is 0 Å². The number of benzene rings is 2. The van der Waals surface area contributed by atoms with E-state index in [-0.39, 0.29) is 0 Å². The molecule has 0 bridgehead atoms. The number of carbonyl (C=O) groups is 1. The molecule has 0 amide bonds. The van der Waals surface area contributed by atoms with Gasteiger partial charge < -0.3 is 0 Å². The topological polar surface area (TPSA) is 17.1 Å². The van der Waals surface area contributed by atoms with Crippen molar-refractivity contribution in [2.45, 2.75) is 32.1 Å². The van der Waals surface area contributed by atoms with Gasteiger partial charge in [0, 0.05) is 16.5 Å². The van der Waals surface area contributed by atoms with Gasteiger partial charge in [0.25, 0.3) is 0 Å². The lowest BCUT2D eigenvalue weighted by molar-refractivity contribution is 0.0972. The lowest BCUT2D eigenvalue weighted by Gasteiger charge is -2.26. The molecule has 1 nitrogen and oxygen atoms in total. The van der Waals surface area contributed by atoms with Gasteiger partial charge in [-0.15, -0.1) is 0 Å². The number of halogens is 1. The first-order chi connectivity index (χ1) is 9.75. The molecule has 0 N–H and O–H groups in total.